The Bertz CT molecular complexity index is 1220. The lowest BCUT2D eigenvalue weighted by Gasteiger charge is -2.10. The monoisotopic (exact) mass is 382 g/mol. The Morgan fingerprint density at radius 2 is 1.96 bits per heavy atom. The highest BCUT2D eigenvalue weighted by Crippen LogP contribution is 2.21. The first kappa shape index (κ1) is 17.9. The molecule has 3 aromatic heterocycles. The summed E-state index contributed by atoms with van der Waals surface area (Å²) < 4.78 is 17.3. The number of carbonyl (C=O) groups is 1. The molecule has 8 nitrogen and oxygen atoms in total. The molecule has 0 radical (unpaired) electrons. The maximum Gasteiger partial charge on any atom is 0.350 e. The van der Waals surface area contributed by atoms with Gasteiger partial charge in [-0.2, -0.15) is 5.10 Å². The summed E-state index contributed by atoms with van der Waals surface area (Å²) in [5, 5.41) is 11.6. The fraction of sp³-hybridized carbons (Fsp3) is 0.263. The average molecular weight is 382 g/mol. The number of fused-ring (bicyclic) bond motifs is 3. The van der Waals surface area contributed by atoms with Crippen LogP contribution in [0.15, 0.2) is 47.5 Å². The summed E-state index contributed by atoms with van der Waals surface area (Å²) >= 11 is 0. The van der Waals surface area contributed by atoms with Crippen LogP contribution in [-0.4, -0.2) is 35.7 Å². The molecule has 0 spiro atoms. The molecule has 0 unspecified atom stereocenters. The second kappa shape index (κ2) is 6.91. The van der Waals surface area contributed by atoms with Gasteiger partial charge < -0.3 is 5.32 Å². The minimum absolute atomic E-state index is 0.0278. The van der Waals surface area contributed by atoms with Gasteiger partial charge in [-0.05, 0) is 43.7 Å². The van der Waals surface area contributed by atoms with Crippen molar-refractivity contribution in [2.75, 3.05) is 0 Å². The summed E-state index contributed by atoms with van der Waals surface area (Å²) in [6.45, 7) is 3.71. The summed E-state index contributed by atoms with van der Waals surface area (Å²) in [5.41, 5.74) is 1.98. The number of benzene rings is 1. The van der Waals surface area contributed by atoms with E-state index in [9.17, 15) is 14.0 Å². The van der Waals surface area contributed by atoms with Crippen LogP contribution < -0.4 is 11.0 Å². The van der Waals surface area contributed by atoms with E-state index < -0.39 is 5.69 Å². The van der Waals surface area contributed by atoms with Gasteiger partial charge in [-0.1, -0.05) is 6.92 Å². The highest BCUT2D eigenvalue weighted by atomic mass is 19.1. The van der Waals surface area contributed by atoms with Crippen LogP contribution in [0.4, 0.5) is 4.39 Å². The predicted molar refractivity (Wildman–Crippen MR) is 101 cm³/mol. The lowest BCUT2D eigenvalue weighted by molar-refractivity contribution is -0.122. The number of halogens is 1. The van der Waals surface area contributed by atoms with E-state index in [1.54, 1.807) is 35.1 Å². The van der Waals surface area contributed by atoms with Crippen molar-refractivity contribution in [2.24, 2.45) is 0 Å². The maximum absolute atomic E-state index is 13.2. The number of aromatic nitrogens is 5. The van der Waals surface area contributed by atoms with Crippen LogP contribution in [0.1, 0.15) is 20.3 Å². The van der Waals surface area contributed by atoms with Crippen LogP contribution in [0, 0.1) is 5.82 Å². The second-order valence-electron chi connectivity index (χ2n) is 6.68. The Morgan fingerprint density at radius 3 is 2.68 bits per heavy atom. The van der Waals surface area contributed by atoms with Gasteiger partial charge in [0.05, 0.1) is 5.69 Å². The Balaban J connectivity index is 1.74. The molecule has 3 heterocycles. The molecular weight excluding hydrogens is 363 g/mol. The average Bonchev–Trinajstić information content (AvgIpc) is 3.24. The summed E-state index contributed by atoms with van der Waals surface area (Å²) in [6.07, 6.45) is 4.00. The van der Waals surface area contributed by atoms with Crippen LogP contribution in [-0.2, 0) is 11.3 Å². The lowest BCUT2D eigenvalue weighted by atomic mass is 10.1. The van der Waals surface area contributed by atoms with Gasteiger partial charge in [0.1, 0.15) is 17.9 Å². The maximum atomic E-state index is 13.2. The van der Waals surface area contributed by atoms with E-state index in [4.69, 9.17) is 0 Å². The van der Waals surface area contributed by atoms with E-state index in [1.165, 1.54) is 16.5 Å². The Hall–Kier alpha value is -3.49. The first-order valence-corrected chi connectivity index (χ1v) is 8.99. The van der Waals surface area contributed by atoms with Gasteiger partial charge in [0.15, 0.2) is 5.65 Å². The van der Waals surface area contributed by atoms with Crippen LogP contribution in [0.5, 0.6) is 0 Å². The molecule has 0 aliphatic rings. The molecule has 0 saturated heterocycles. The molecule has 1 atom stereocenters. The van der Waals surface area contributed by atoms with Gasteiger partial charge in [-0.3, -0.25) is 4.79 Å². The molecule has 4 rings (SSSR count). The van der Waals surface area contributed by atoms with Crippen LogP contribution in [0.25, 0.3) is 22.4 Å². The van der Waals surface area contributed by atoms with Crippen molar-refractivity contribution in [3.8, 4) is 11.3 Å². The third-order valence-corrected chi connectivity index (χ3v) is 4.65. The molecule has 0 bridgehead atoms. The SMILES string of the molecule is CC[C@@H](C)NC(=O)Cn1nc2c3cc(-c4ccc(F)cc4)nn3ccn2c1=O. The van der Waals surface area contributed by atoms with Crippen molar-refractivity contribution < 1.29 is 9.18 Å². The molecule has 4 aromatic rings. The van der Waals surface area contributed by atoms with Crippen molar-refractivity contribution >= 4 is 17.1 Å². The van der Waals surface area contributed by atoms with Crippen molar-refractivity contribution in [2.45, 2.75) is 32.9 Å². The Kier molecular flexibility index (Phi) is 4.42. The fourth-order valence-electron chi connectivity index (χ4n) is 2.96. The molecule has 0 saturated carbocycles. The smallest absolute Gasteiger partial charge is 0.350 e. The van der Waals surface area contributed by atoms with Gasteiger partial charge in [0.25, 0.3) is 0 Å². The third kappa shape index (κ3) is 3.15. The number of hydrogen-bond acceptors (Lipinski definition) is 4. The zero-order chi connectivity index (χ0) is 19.8. The highest BCUT2D eigenvalue weighted by molar-refractivity contribution is 5.77. The molecule has 28 heavy (non-hydrogen) atoms. The van der Waals surface area contributed by atoms with Crippen molar-refractivity contribution in [3.05, 3.63) is 59.0 Å². The van der Waals surface area contributed by atoms with E-state index in [2.05, 4.69) is 15.5 Å². The summed E-state index contributed by atoms with van der Waals surface area (Å²) in [5.74, 6) is -0.591. The van der Waals surface area contributed by atoms with Gasteiger partial charge in [-0.15, -0.1) is 5.10 Å². The summed E-state index contributed by atoms with van der Waals surface area (Å²) in [6, 6.07) is 7.81. The lowest BCUT2D eigenvalue weighted by Crippen LogP contribution is -2.37. The van der Waals surface area contributed by atoms with Gasteiger partial charge in [0.2, 0.25) is 5.91 Å². The summed E-state index contributed by atoms with van der Waals surface area (Å²) in [4.78, 5) is 24.7. The molecule has 0 aliphatic carbocycles. The molecule has 144 valence electrons. The second-order valence-corrected chi connectivity index (χ2v) is 6.68. The minimum atomic E-state index is -0.402. The molecular formula is C19H19FN6O2. The molecule has 1 N–H and O–H groups in total. The normalized spacial score (nSPS) is 12.5. The first-order chi connectivity index (χ1) is 13.5. The molecule has 9 heteroatoms. The number of rotatable bonds is 5. The molecule has 0 fully saturated rings. The Labute approximate surface area is 159 Å². The third-order valence-electron chi connectivity index (χ3n) is 4.65. The zero-order valence-electron chi connectivity index (χ0n) is 15.5. The molecule has 1 amide bonds. The highest BCUT2D eigenvalue weighted by Gasteiger charge is 2.16. The quantitative estimate of drug-likeness (QED) is 0.571. The van der Waals surface area contributed by atoms with E-state index in [-0.39, 0.29) is 24.3 Å². The fourth-order valence-corrected chi connectivity index (χ4v) is 2.96. The Morgan fingerprint density at radius 1 is 1.21 bits per heavy atom. The topological polar surface area (TPSA) is 85.7 Å². The number of nitrogens with one attached hydrogen (secondary N) is 1. The molecule has 1 aromatic carbocycles. The molecule has 0 aliphatic heterocycles. The van der Waals surface area contributed by atoms with Crippen LogP contribution in [0.3, 0.4) is 0 Å². The number of carbonyl (C=O) groups excluding carboxylic acids is 1. The predicted octanol–water partition coefficient (Wildman–Crippen LogP) is 1.86. The number of nitrogens with zero attached hydrogens (tertiary/aromatic N) is 5. The van der Waals surface area contributed by atoms with E-state index >= 15 is 0 Å². The number of amides is 1. The largest absolute Gasteiger partial charge is 0.352 e. The minimum Gasteiger partial charge on any atom is -0.352 e. The van der Waals surface area contributed by atoms with E-state index in [0.29, 0.717) is 16.9 Å². The van der Waals surface area contributed by atoms with Gasteiger partial charge in [-0.25, -0.2) is 22.8 Å². The van der Waals surface area contributed by atoms with E-state index in [0.717, 1.165) is 16.7 Å². The van der Waals surface area contributed by atoms with Gasteiger partial charge in [0, 0.05) is 24.0 Å². The van der Waals surface area contributed by atoms with Crippen LogP contribution >= 0.6 is 0 Å². The summed E-state index contributed by atoms with van der Waals surface area (Å²) in [7, 11) is 0. The van der Waals surface area contributed by atoms with Crippen molar-refractivity contribution in [1.29, 1.82) is 0 Å². The van der Waals surface area contributed by atoms with Crippen molar-refractivity contribution in [3.63, 3.8) is 0 Å². The van der Waals surface area contributed by atoms with Crippen LogP contribution in [0.2, 0.25) is 0 Å². The standard InChI is InChI=1S/C19H19FN6O2/c1-3-12(2)21-17(27)11-26-19(28)24-8-9-25-16(18(24)23-26)10-15(22-25)13-4-6-14(20)7-5-13/h4-10,12H,3,11H2,1-2H3,(H,21,27)/t12-/m1/s1. The van der Waals surface area contributed by atoms with E-state index in [1.807, 2.05) is 13.8 Å². The first-order valence-electron chi connectivity index (χ1n) is 8.99. The zero-order valence-corrected chi connectivity index (χ0v) is 15.5. The number of hydrogen-bond donors (Lipinski definition) is 1. The van der Waals surface area contributed by atoms with Gasteiger partial charge >= 0.3 is 5.69 Å². The van der Waals surface area contributed by atoms with Crippen molar-refractivity contribution in [1.82, 2.24) is 29.1 Å².